The standard InChI is InChI=1S/C28H29N3O2S/c1-5-18(4)21-13-14-25-24(16-21)30-27(33-25)22-7-6-8-23(15-22)29-28(34)31-26(32)20-11-9-19(10-12-20)17(2)3/h6-18H,5H2,1-4H3,(H2,29,31,32,34)/t18-/m0/s1. The Morgan fingerprint density at radius 3 is 2.44 bits per heavy atom. The van der Waals surface area contributed by atoms with Crippen molar-refractivity contribution in [1.29, 1.82) is 0 Å². The van der Waals surface area contributed by atoms with Crippen molar-refractivity contribution in [3.8, 4) is 11.5 Å². The second-order valence-corrected chi connectivity index (χ2v) is 9.23. The molecule has 174 valence electrons. The number of carbonyl (C=O) groups is 1. The highest BCUT2D eigenvalue weighted by molar-refractivity contribution is 7.80. The fraction of sp³-hybridized carbons (Fsp3) is 0.250. The van der Waals surface area contributed by atoms with Gasteiger partial charge in [0.05, 0.1) is 0 Å². The van der Waals surface area contributed by atoms with Gasteiger partial charge < -0.3 is 9.73 Å². The Hall–Kier alpha value is -3.51. The number of hydrogen-bond donors (Lipinski definition) is 2. The third kappa shape index (κ3) is 5.34. The van der Waals surface area contributed by atoms with E-state index in [0.717, 1.165) is 28.8 Å². The summed E-state index contributed by atoms with van der Waals surface area (Å²) in [4.78, 5) is 17.2. The zero-order chi connectivity index (χ0) is 24.2. The number of benzene rings is 3. The number of amides is 1. The summed E-state index contributed by atoms with van der Waals surface area (Å²) in [6.45, 7) is 8.62. The van der Waals surface area contributed by atoms with E-state index in [4.69, 9.17) is 21.6 Å². The predicted octanol–water partition coefficient (Wildman–Crippen LogP) is 7.26. The largest absolute Gasteiger partial charge is 0.436 e. The summed E-state index contributed by atoms with van der Waals surface area (Å²) in [6, 6.07) is 21.3. The van der Waals surface area contributed by atoms with Crippen LogP contribution < -0.4 is 10.6 Å². The maximum atomic E-state index is 12.5. The third-order valence-corrected chi connectivity index (χ3v) is 6.23. The van der Waals surface area contributed by atoms with Gasteiger partial charge >= 0.3 is 0 Å². The van der Waals surface area contributed by atoms with Crippen LogP contribution in [0.3, 0.4) is 0 Å². The Morgan fingerprint density at radius 1 is 1.00 bits per heavy atom. The summed E-state index contributed by atoms with van der Waals surface area (Å²) < 4.78 is 5.99. The first-order valence-electron chi connectivity index (χ1n) is 11.6. The number of oxazole rings is 1. The molecule has 1 amide bonds. The van der Waals surface area contributed by atoms with Crippen molar-refractivity contribution in [2.75, 3.05) is 5.32 Å². The Balaban J connectivity index is 1.46. The lowest BCUT2D eigenvalue weighted by atomic mass is 9.98. The monoisotopic (exact) mass is 471 g/mol. The fourth-order valence-electron chi connectivity index (χ4n) is 3.70. The van der Waals surface area contributed by atoms with Crippen LogP contribution in [-0.2, 0) is 0 Å². The van der Waals surface area contributed by atoms with Gasteiger partial charge in [0, 0.05) is 16.8 Å². The maximum absolute atomic E-state index is 12.5. The molecule has 0 fully saturated rings. The van der Waals surface area contributed by atoms with Crippen LogP contribution in [0.1, 0.15) is 67.4 Å². The van der Waals surface area contributed by atoms with Crippen molar-refractivity contribution in [1.82, 2.24) is 10.3 Å². The number of rotatable bonds is 6. The molecule has 1 heterocycles. The molecule has 0 saturated heterocycles. The summed E-state index contributed by atoms with van der Waals surface area (Å²) in [6.07, 6.45) is 1.07. The molecule has 4 rings (SSSR count). The minimum atomic E-state index is -0.250. The van der Waals surface area contributed by atoms with Gasteiger partial charge in [0.15, 0.2) is 10.7 Å². The Kier molecular flexibility index (Phi) is 7.08. The van der Waals surface area contributed by atoms with E-state index < -0.39 is 0 Å². The van der Waals surface area contributed by atoms with Gasteiger partial charge in [-0.1, -0.05) is 52.0 Å². The molecule has 34 heavy (non-hydrogen) atoms. The summed E-state index contributed by atoms with van der Waals surface area (Å²) in [5, 5.41) is 6.04. The van der Waals surface area contributed by atoms with Gasteiger partial charge in [-0.3, -0.25) is 10.1 Å². The van der Waals surface area contributed by atoms with E-state index in [9.17, 15) is 4.79 Å². The minimum Gasteiger partial charge on any atom is -0.436 e. The third-order valence-electron chi connectivity index (χ3n) is 6.03. The average Bonchev–Trinajstić information content (AvgIpc) is 3.27. The minimum absolute atomic E-state index is 0.228. The number of carbonyl (C=O) groups excluding carboxylic acids is 1. The van der Waals surface area contributed by atoms with E-state index in [1.165, 1.54) is 11.1 Å². The molecule has 6 heteroatoms. The first-order chi connectivity index (χ1) is 16.3. The lowest BCUT2D eigenvalue weighted by Crippen LogP contribution is -2.34. The number of hydrogen-bond acceptors (Lipinski definition) is 4. The molecule has 5 nitrogen and oxygen atoms in total. The highest BCUT2D eigenvalue weighted by atomic mass is 32.1. The zero-order valence-electron chi connectivity index (χ0n) is 19.9. The van der Waals surface area contributed by atoms with Crippen molar-refractivity contribution < 1.29 is 9.21 Å². The SMILES string of the molecule is CC[C@H](C)c1ccc2oc(-c3cccc(NC(=S)NC(=O)c4ccc(C(C)C)cc4)c3)nc2c1. The van der Waals surface area contributed by atoms with Crippen LogP contribution in [0.4, 0.5) is 5.69 Å². The van der Waals surface area contributed by atoms with Crippen LogP contribution >= 0.6 is 12.2 Å². The van der Waals surface area contributed by atoms with Crippen LogP contribution in [0.2, 0.25) is 0 Å². The van der Waals surface area contributed by atoms with Crippen LogP contribution in [0.5, 0.6) is 0 Å². The van der Waals surface area contributed by atoms with Gasteiger partial charge in [-0.25, -0.2) is 4.98 Å². The zero-order valence-corrected chi connectivity index (χ0v) is 20.7. The molecule has 0 bridgehead atoms. The lowest BCUT2D eigenvalue weighted by Gasteiger charge is -2.11. The van der Waals surface area contributed by atoms with Gasteiger partial charge in [0.2, 0.25) is 5.89 Å². The van der Waals surface area contributed by atoms with Gasteiger partial charge in [-0.15, -0.1) is 0 Å². The summed E-state index contributed by atoms with van der Waals surface area (Å²) in [7, 11) is 0. The molecule has 0 spiro atoms. The first kappa shape index (κ1) is 23.6. The molecular formula is C28H29N3O2S. The number of aromatic nitrogens is 1. The average molecular weight is 472 g/mol. The fourth-order valence-corrected chi connectivity index (χ4v) is 3.91. The Labute approximate surface area is 205 Å². The lowest BCUT2D eigenvalue weighted by molar-refractivity contribution is 0.0977. The molecule has 1 aromatic heterocycles. The smallest absolute Gasteiger partial charge is 0.257 e. The van der Waals surface area contributed by atoms with Gasteiger partial charge in [-0.2, -0.15) is 0 Å². The highest BCUT2D eigenvalue weighted by Crippen LogP contribution is 2.29. The van der Waals surface area contributed by atoms with Crippen LogP contribution in [-0.4, -0.2) is 16.0 Å². The van der Waals surface area contributed by atoms with E-state index >= 15 is 0 Å². The molecule has 0 aliphatic carbocycles. The van der Waals surface area contributed by atoms with Gasteiger partial charge in [0.25, 0.3) is 5.91 Å². The molecule has 0 aliphatic rings. The van der Waals surface area contributed by atoms with E-state index in [2.05, 4.69) is 50.5 Å². The van der Waals surface area contributed by atoms with Crippen molar-refractivity contribution in [3.05, 3.63) is 83.4 Å². The van der Waals surface area contributed by atoms with E-state index in [0.29, 0.717) is 23.3 Å². The number of nitrogens with zero attached hydrogens (tertiary/aromatic N) is 1. The second kappa shape index (κ2) is 10.2. The molecule has 4 aromatic rings. The number of nitrogens with one attached hydrogen (secondary N) is 2. The predicted molar refractivity (Wildman–Crippen MR) is 142 cm³/mol. The summed E-state index contributed by atoms with van der Waals surface area (Å²) >= 11 is 5.36. The Morgan fingerprint density at radius 2 is 1.74 bits per heavy atom. The molecule has 0 aliphatic heterocycles. The molecule has 0 unspecified atom stereocenters. The maximum Gasteiger partial charge on any atom is 0.257 e. The first-order valence-corrected chi connectivity index (χ1v) is 12.0. The number of anilines is 1. The van der Waals surface area contributed by atoms with Crippen molar-refractivity contribution in [2.24, 2.45) is 0 Å². The molecule has 2 N–H and O–H groups in total. The number of thiocarbonyl (C=S) groups is 1. The van der Waals surface area contributed by atoms with Crippen LogP contribution in [0.15, 0.2) is 71.1 Å². The van der Waals surface area contributed by atoms with Crippen molar-refractivity contribution in [2.45, 2.75) is 46.0 Å². The quantitative estimate of drug-likeness (QED) is 0.290. The normalized spacial score (nSPS) is 12.0. The molecule has 0 radical (unpaired) electrons. The van der Waals surface area contributed by atoms with E-state index in [-0.39, 0.29) is 11.0 Å². The van der Waals surface area contributed by atoms with Crippen molar-refractivity contribution >= 4 is 40.0 Å². The molecule has 3 aromatic carbocycles. The van der Waals surface area contributed by atoms with Crippen LogP contribution in [0.25, 0.3) is 22.6 Å². The topological polar surface area (TPSA) is 67.2 Å². The molecular weight excluding hydrogens is 442 g/mol. The van der Waals surface area contributed by atoms with Crippen molar-refractivity contribution in [3.63, 3.8) is 0 Å². The number of fused-ring (bicyclic) bond motifs is 1. The van der Waals surface area contributed by atoms with Gasteiger partial charge in [0.1, 0.15) is 5.52 Å². The molecule has 1 atom stereocenters. The van der Waals surface area contributed by atoms with Gasteiger partial charge in [-0.05, 0) is 84.1 Å². The molecule has 0 saturated carbocycles. The van der Waals surface area contributed by atoms with E-state index in [1.807, 2.05) is 54.6 Å². The highest BCUT2D eigenvalue weighted by Gasteiger charge is 2.13. The second-order valence-electron chi connectivity index (χ2n) is 8.82. The summed E-state index contributed by atoms with van der Waals surface area (Å²) in [5.74, 6) is 1.18. The van der Waals surface area contributed by atoms with Crippen LogP contribution in [0, 0.1) is 0 Å². The Bertz CT molecular complexity index is 1330. The summed E-state index contributed by atoms with van der Waals surface area (Å²) in [5.41, 5.74) is 6.16. The van der Waals surface area contributed by atoms with E-state index in [1.54, 1.807) is 0 Å².